The van der Waals surface area contributed by atoms with Crippen molar-refractivity contribution in [1.82, 2.24) is 0 Å². The van der Waals surface area contributed by atoms with Crippen molar-refractivity contribution >= 4 is 0 Å². The molecule has 0 aromatic heterocycles. The standard InChI is InChI=1S/C36H62O.C2H6/c1-13-35-24-23-34(12)31(9,20-19-29(7)17-15-26(25(3)4)36(29,34)14-2)33(35,11)22-21-30(8)28(5,6)27(37)16-18-32(30,35)10;1-2/h26-27,37H,3,13-24H2,1-2,4-12H3;1-2H3/t26?,27-,29+,30-,31-,32-,33-,34-,35+,36-;/m0./s1. The molecule has 5 fully saturated rings. The monoisotopic (exact) mass is 541 g/mol. The van der Waals surface area contributed by atoms with E-state index in [-0.39, 0.29) is 22.3 Å². The Bertz CT molecular complexity index is 979. The number of hydrogen-bond acceptors (Lipinski definition) is 1. The van der Waals surface area contributed by atoms with Crippen molar-refractivity contribution < 1.29 is 5.11 Å². The molecule has 5 saturated carbocycles. The first-order valence-electron chi connectivity index (χ1n) is 17.2. The third-order valence-corrected chi connectivity index (χ3v) is 17.7. The molecular weight excluding hydrogens is 472 g/mol. The predicted molar refractivity (Wildman–Crippen MR) is 170 cm³/mol. The zero-order valence-electron chi connectivity index (χ0n) is 28.8. The molecule has 1 nitrogen and oxygen atoms in total. The van der Waals surface area contributed by atoms with Gasteiger partial charge in [0.1, 0.15) is 0 Å². The number of fused-ring (bicyclic) bond motifs is 7. The normalized spacial score (nSPS) is 55.7. The lowest BCUT2D eigenvalue weighted by Crippen LogP contribution is -2.77. The SMILES string of the molecule is C=C(C)C1CC[C@]2(C)CC[C@@]3(C)[C@]4(C)CC[C@@]5(C)C(C)(C)[C@@H](O)CC[C@]5(C)[C@@]4(CC)CC[C@]3(C)[C@@]12CC.CC. The van der Waals surface area contributed by atoms with Crippen LogP contribution in [0.4, 0.5) is 0 Å². The molecule has 0 saturated heterocycles. The van der Waals surface area contributed by atoms with Gasteiger partial charge in [0.25, 0.3) is 0 Å². The number of allylic oxidation sites excluding steroid dienone is 1. The maximum absolute atomic E-state index is 11.3. The highest BCUT2D eigenvalue weighted by Gasteiger charge is 2.82. The van der Waals surface area contributed by atoms with E-state index in [1.54, 1.807) is 0 Å². The van der Waals surface area contributed by atoms with Gasteiger partial charge in [-0.15, -0.1) is 0 Å². The molecule has 5 aliphatic rings. The van der Waals surface area contributed by atoms with Crippen molar-refractivity contribution in [2.24, 2.45) is 54.7 Å². The fourth-order valence-electron chi connectivity index (χ4n) is 14.8. The van der Waals surface area contributed by atoms with Gasteiger partial charge in [0, 0.05) is 0 Å². The third-order valence-electron chi connectivity index (χ3n) is 17.7. The summed E-state index contributed by atoms with van der Waals surface area (Å²) < 4.78 is 0. The first kappa shape index (κ1) is 31.6. The Morgan fingerprint density at radius 1 is 0.641 bits per heavy atom. The molecule has 5 aliphatic carbocycles. The zero-order chi connectivity index (χ0) is 29.7. The number of hydrogen-bond donors (Lipinski definition) is 1. The van der Waals surface area contributed by atoms with Gasteiger partial charge in [-0.25, -0.2) is 0 Å². The molecule has 39 heavy (non-hydrogen) atoms. The zero-order valence-corrected chi connectivity index (χ0v) is 28.8. The second-order valence-corrected chi connectivity index (χ2v) is 17.2. The molecular formula is C38H68O. The summed E-state index contributed by atoms with van der Waals surface area (Å²) in [5.74, 6) is 0.665. The Morgan fingerprint density at radius 2 is 1.15 bits per heavy atom. The smallest absolute Gasteiger partial charge is 0.0596 e. The van der Waals surface area contributed by atoms with Crippen molar-refractivity contribution in [3.63, 3.8) is 0 Å². The second kappa shape index (κ2) is 9.10. The van der Waals surface area contributed by atoms with Crippen LogP contribution >= 0.6 is 0 Å². The van der Waals surface area contributed by atoms with Crippen LogP contribution in [0, 0.1) is 54.7 Å². The highest BCUT2D eigenvalue weighted by atomic mass is 16.3. The fourth-order valence-corrected chi connectivity index (χ4v) is 14.8. The van der Waals surface area contributed by atoms with E-state index in [1.165, 1.54) is 76.2 Å². The van der Waals surface area contributed by atoms with Gasteiger partial charge in [0.05, 0.1) is 6.10 Å². The first-order valence-corrected chi connectivity index (χ1v) is 17.2. The molecule has 0 radical (unpaired) electrons. The summed E-state index contributed by atoms with van der Waals surface area (Å²) >= 11 is 0. The quantitative estimate of drug-likeness (QED) is 0.353. The first-order chi connectivity index (χ1) is 17.9. The lowest BCUT2D eigenvalue weighted by Gasteiger charge is -2.84. The lowest BCUT2D eigenvalue weighted by molar-refractivity contribution is -0.358. The van der Waals surface area contributed by atoms with Gasteiger partial charge in [-0.3, -0.25) is 0 Å². The summed E-state index contributed by atoms with van der Waals surface area (Å²) in [6.45, 7) is 37.3. The molecule has 0 amide bonds. The summed E-state index contributed by atoms with van der Waals surface area (Å²) in [7, 11) is 0. The predicted octanol–water partition coefficient (Wildman–Crippen LogP) is 11.4. The minimum atomic E-state index is -0.179. The molecule has 0 aromatic rings. The van der Waals surface area contributed by atoms with E-state index >= 15 is 0 Å². The van der Waals surface area contributed by atoms with Crippen LogP contribution in [0.2, 0.25) is 0 Å². The summed E-state index contributed by atoms with van der Waals surface area (Å²) in [6, 6.07) is 0. The van der Waals surface area contributed by atoms with E-state index in [1.807, 2.05) is 13.8 Å². The molecule has 0 bridgehead atoms. The topological polar surface area (TPSA) is 20.2 Å². The van der Waals surface area contributed by atoms with Crippen LogP contribution < -0.4 is 0 Å². The van der Waals surface area contributed by atoms with Crippen molar-refractivity contribution in [3.05, 3.63) is 12.2 Å². The minimum Gasteiger partial charge on any atom is -0.393 e. The number of aliphatic hydroxyl groups excluding tert-OH is 1. The molecule has 1 N–H and O–H groups in total. The Morgan fingerprint density at radius 3 is 1.69 bits per heavy atom. The Labute approximate surface area is 244 Å². The van der Waals surface area contributed by atoms with Gasteiger partial charge < -0.3 is 5.11 Å². The summed E-state index contributed by atoms with van der Waals surface area (Å²) in [5, 5.41) is 11.3. The van der Waals surface area contributed by atoms with Gasteiger partial charge in [-0.2, -0.15) is 0 Å². The third kappa shape index (κ3) is 2.99. The van der Waals surface area contributed by atoms with Gasteiger partial charge in [0.15, 0.2) is 0 Å². The van der Waals surface area contributed by atoms with E-state index in [9.17, 15) is 5.11 Å². The molecule has 226 valence electrons. The van der Waals surface area contributed by atoms with E-state index in [2.05, 4.69) is 82.7 Å². The second-order valence-electron chi connectivity index (χ2n) is 17.2. The Kier molecular flexibility index (Phi) is 7.38. The largest absolute Gasteiger partial charge is 0.393 e. The van der Waals surface area contributed by atoms with E-state index < -0.39 is 0 Å². The minimum absolute atomic E-state index is 0.0442. The molecule has 0 spiro atoms. The van der Waals surface area contributed by atoms with E-state index in [4.69, 9.17) is 0 Å². The number of rotatable bonds is 3. The van der Waals surface area contributed by atoms with Crippen LogP contribution in [0.25, 0.3) is 0 Å². The van der Waals surface area contributed by atoms with Crippen LogP contribution in [-0.4, -0.2) is 11.2 Å². The highest BCUT2D eigenvalue weighted by Crippen LogP contribution is 2.89. The Balaban J connectivity index is 0.00000172. The summed E-state index contributed by atoms with van der Waals surface area (Å²) in [4.78, 5) is 0. The molecule has 10 atom stereocenters. The number of aliphatic hydroxyl groups is 1. The Hall–Kier alpha value is -0.300. The van der Waals surface area contributed by atoms with Crippen molar-refractivity contribution in [1.29, 1.82) is 0 Å². The van der Waals surface area contributed by atoms with Crippen LogP contribution in [0.5, 0.6) is 0 Å². The summed E-state index contributed by atoms with van der Waals surface area (Å²) in [5.41, 5.74) is 3.87. The van der Waals surface area contributed by atoms with Gasteiger partial charge >= 0.3 is 0 Å². The van der Waals surface area contributed by atoms with Crippen LogP contribution in [0.15, 0.2) is 12.2 Å². The van der Waals surface area contributed by atoms with Crippen molar-refractivity contribution in [3.8, 4) is 0 Å². The molecule has 1 unspecified atom stereocenters. The van der Waals surface area contributed by atoms with Gasteiger partial charge in [-0.05, 0) is 139 Å². The van der Waals surface area contributed by atoms with Crippen molar-refractivity contribution in [2.75, 3.05) is 0 Å². The molecule has 1 heteroatoms. The average Bonchev–Trinajstić information content (AvgIpc) is 3.22. The average molecular weight is 541 g/mol. The van der Waals surface area contributed by atoms with Crippen molar-refractivity contribution in [2.45, 2.75) is 173 Å². The van der Waals surface area contributed by atoms with Gasteiger partial charge in [-0.1, -0.05) is 95.2 Å². The lowest BCUT2D eigenvalue weighted by atomic mass is 9.20. The highest BCUT2D eigenvalue weighted by molar-refractivity contribution is 5.32. The fraction of sp³-hybridized carbons (Fsp3) is 0.947. The molecule has 5 rings (SSSR count). The maximum Gasteiger partial charge on any atom is 0.0596 e. The molecule has 0 aromatic carbocycles. The maximum atomic E-state index is 11.3. The molecule has 0 heterocycles. The molecule has 0 aliphatic heterocycles. The van der Waals surface area contributed by atoms with E-state index in [0.717, 1.165) is 6.42 Å². The van der Waals surface area contributed by atoms with Crippen LogP contribution in [0.1, 0.15) is 167 Å². The summed E-state index contributed by atoms with van der Waals surface area (Å²) in [6.07, 6.45) is 15.4. The van der Waals surface area contributed by atoms with E-state index in [0.29, 0.717) is 38.4 Å². The van der Waals surface area contributed by atoms with Crippen LogP contribution in [0.3, 0.4) is 0 Å². The van der Waals surface area contributed by atoms with Crippen LogP contribution in [-0.2, 0) is 0 Å². The van der Waals surface area contributed by atoms with Gasteiger partial charge in [0.2, 0.25) is 0 Å².